The molecule has 4 nitrogen and oxygen atoms in total. The van der Waals surface area contributed by atoms with E-state index >= 15 is 0 Å². The van der Waals surface area contributed by atoms with Gasteiger partial charge in [0.25, 0.3) is 0 Å². The van der Waals surface area contributed by atoms with Crippen LogP contribution in [-0.4, -0.2) is 18.1 Å². The number of methoxy groups -OCH3 is 1. The molecule has 2 rings (SSSR count). The number of esters is 1. The first-order valence-electron chi connectivity index (χ1n) is 5.84. The minimum absolute atomic E-state index is 0.0127. The Morgan fingerprint density at radius 3 is 2.50 bits per heavy atom. The SMILES string of the molecule is COC(=O)c1cc(N)cc2cc(C(C)(C)C)[nH]c12. The van der Waals surface area contributed by atoms with Gasteiger partial charge in [0.2, 0.25) is 0 Å². The molecule has 3 N–H and O–H groups in total. The van der Waals surface area contributed by atoms with Crippen molar-refractivity contribution in [2.75, 3.05) is 12.8 Å². The van der Waals surface area contributed by atoms with Gasteiger partial charge in [0.05, 0.1) is 18.2 Å². The zero-order chi connectivity index (χ0) is 13.5. The van der Waals surface area contributed by atoms with Gasteiger partial charge in [-0.25, -0.2) is 4.79 Å². The number of hydrogen-bond donors (Lipinski definition) is 2. The van der Waals surface area contributed by atoms with Gasteiger partial charge in [-0.05, 0) is 18.2 Å². The highest BCUT2D eigenvalue weighted by molar-refractivity contribution is 6.04. The maximum Gasteiger partial charge on any atom is 0.340 e. The number of H-pyrrole nitrogens is 1. The quantitative estimate of drug-likeness (QED) is 0.600. The summed E-state index contributed by atoms with van der Waals surface area (Å²) in [6.45, 7) is 6.33. The number of nitrogens with two attached hydrogens (primary N) is 1. The van der Waals surface area contributed by atoms with Crippen LogP contribution >= 0.6 is 0 Å². The van der Waals surface area contributed by atoms with Crippen LogP contribution in [0.4, 0.5) is 5.69 Å². The van der Waals surface area contributed by atoms with Gasteiger partial charge in [-0.1, -0.05) is 20.8 Å². The molecule has 1 heterocycles. The number of anilines is 1. The number of aromatic nitrogens is 1. The van der Waals surface area contributed by atoms with Gasteiger partial charge >= 0.3 is 5.97 Å². The summed E-state index contributed by atoms with van der Waals surface area (Å²) in [6.07, 6.45) is 0. The van der Waals surface area contributed by atoms with Crippen LogP contribution < -0.4 is 5.73 Å². The van der Waals surface area contributed by atoms with Crippen molar-refractivity contribution in [3.8, 4) is 0 Å². The van der Waals surface area contributed by atoms with Crippen molar-refractivity contribution >= 4 is 22.6 Å². The highest BCUT2D eigenvalue weighted by atomic mass is 16.5. The molecule has 0 aliphatic rings. The lowest BCUT2D eigenvalue weighted by Crippen LogP contribution is -2.11. The summed E-state index contributed by atoms with van der Waals surface area (Å²) in [5, 5.41) is 0.931. The fourth-order valence-electron chi connectivity index (χ4n) is 1.94. The molecule has 0 atom stereocenters. The van der Waals surface area contributed by atoms with Gasteiger partial charge < -0.3 is 15.5 Å². The molecule has 0 spiro atoms. The lowest BCUT2D eigenvalue weighted by atomic mass is 9.92. The second-order valence-corrected chi connectivity index (χ2v) is 5.46. The van der Waals surface area contributed by atoms with Gasteiger partial charge in [0.15, 0.2) is 0 Å². The largest absolute Gasteiger partial charge is 0.465 e. The van der Waals surface area contributed by atoms with Crippen molar-refractivity contribution in [2.45, 2.75) is 26.2 Å². The van der Waals surface area contributed by atoms with Crippen LogP contribution in [-0.2, 0) is 10.2 Å². The van der Waals surface area contributed by atoms with Gasteiger partial charge in [-0.3, -0.25) is 0 Å². The monoisotopic (exact) mass is 246 g/mol. The number of carbonyl (C=O) groups excluding carboxylic acids is 1. The Bertz CT molecular complexity index is 606. The number of rotatable bonds is 1. The molecule has 1 aromatic carbocycles. The predicted octanol–water partition coefficient (Wildman–Crippen LogP) is 2.83. The van der Waals surface area contributed by atoms with Crippen molar-refractivity contribution in [2.24, 2.45) is 0 Å². The minimum atomic E-state index is -0.380. The molecule has 2 aromatic rings. The molecule has 18 heavy (non-hydrogen) atoms. The fraction of sp³-hybridized carbons (Fsp3) is 0.357. The lowest BCUT2D eigenvalue weighted by molar-refractivity contribution is 0.0603. The van der Waals surface area contributed by atoms with Crippen LogP contribution in [0, 0.1) is 0 Å². The van der Waals surface area contributed by atoms with E-state index in [0.717, 1.165) is 16.6 Å². The summed E-state index contributed by atoms with van der Waals surface area (Å²) in [6, 6.07) is 5.52. The number of hydrogen-bond acceptors (Lipinski definition) is 3. The predicted molar refractivity (Wildman–Crippen MR) is 72.8 cm³/mol. The number of nitrogen functional groups attached to an aromatic ring is 1. The average Bonchev–Trinajstić information content (AvgIpc) is 2.70. The molecule has 0 amide bonds. The lowest BCUT2D eigenvalue weighted by Gasteiger charge is -2.15. The van der Waals surface area contributed by atoms with Gasteiger partial charge in [-0.2, -0.15) is 0 Å². The number of fused-ring (bicyclic) bond motifs is 1. The van der Waals surface area contributed by atoms with E-state index in [1.807, 2.05) is 12.1 Å². The molecule has 0 fully saturated rings. The first kappa shape index (κ1) is 12.5. The van der Waals surface area contributed by atoms with E-state index in [1.165, 1.54) is 7.11 Å². The molecule has 0 aliphatic carbocycles. The number of carbonyl (C=O) groups is 1. The highest BCUT2D eigenvalue weighted by Gasteiger charge is 2.19. The van der Waals surface area contributed by atoms with Crippen LogP contribution in [0.1, 0.15) is 36.8 Å². The highest BCUT2D eigenvalue weighted by Crippen LogP contribution is 2.29. The first-order valence-corrected chi connectivity index (χ1v) is 5.84. The van der Waals surface area contributed by atoms with E-state index in [-0.39, 0.29) is 11.4 Å². The summed E-state index contributed by atoms with van der Waals surface area (Å²) in [7, 11) is 1.37. The van der Waals surface area contributed by atoms with Crippen molar-refractivity contribution in [1.29, 1.82) is 0 Å². The summed E-state index contributed by atoms with van der Waals surface area (Å²) >= 11 is 0. The van der Waals surface area contributed by atoms with E-state index in [0.29, 0.717) is 11.3 Å². The fourth-order valence-corrected chi connectivity index (χ4v) is 1.94. The van der Waals surface area contributed by atoms with Crippen molar-refractivity contribution < 1.29 is 9.53 Å². The molecular weight excluding hydrogens is 228 g/mol. The number of nitrogens with one attached hydrogen (secondary N) is 1. The third-order valence-electron chi connectivity index (χ3n) is 2.96. The summed E-state index contributed by atoms with van der Waals surface area (Å²) in [5.41, 5.74) is 8.68. The average molecular weight is 246 g/mol. The molecule has 4 heteroatoms. The van der Waals surface area contributed by atoms with E-state index < -0.39 is 0 Å². The molecule has 1 aromatic heterocycles. The zero-order valence-corrected chi connectivity index (χ0v) is 11.1. The van der Waals surface area contributed by atoms with E-state index in [2.05, 4.69) is 25.8 Å². The third-order valence-corrected chi connectivity index (χ3v) is 2.96. The van der Waals surface area contributed by atoms with Crippen LogP contribution in [0.3, 0.4) is 0 Å². The van der Waals surface area contributed by atoms with Crippen LogP contribution in [0.25, 0.3) is 10.9 Å². The summed E-state index contributed by atoms with van der Waals surface area (Å²) < 4.78 is 4.78. The Morgan fingerprint density at radius 2 is 1.94 bits per heavy atom. The van der Waals surface area contributed by atoms with E-state index in [4.69, 9.17) is 10.5 Å². The van der Waals surface area contributed by atoms with E-state index in [9.17, 15) is 4.79 Å². The van der Waals surface area contributed by atoms with Gasteiger partial charge in [0.1, 0.15) is 0 Å². The van der Waals surface area contributed by atoms with Crippen molar-refractivity contribution in [1.82, 2.24) is 4.98 Å². The van der Waals surface area contributed by atoms with Crippen molar-refractivity contribution in [3.63, 3.8) is 0 Å². The maximum atomic E-state index is 11.7. The minimum Gasteiger partial charge on any atom is -0.465 e. The smallest absolute Gasteiger partial charge is 0.340 e. The molecule has 0 radical (unpaired) electrons. The Morgan fingerprint density at radius 1 is 1.28 bits per heavy atom. The Hall–Kier alpha value is -1.97. The Kier molecular flexibility index (Phi) is 2.81. The second-order valence-electron chi connectivity index (χ2n) is 5.46. The number of ether oxygens (including phenoxy) is 1. The number of benzene rings is 1. The van der Waals surface area contributed by atoms with Crippen LogP contribution in [0.2, 0.25) is 0 Å². The molecule has 0 unspecified atom stereocenters. The van der Waals surface area contributed by atoms with Crippen LogP contribution in [0.15, 0.2) is 18.2 Å². The molecule has 96 valence electrons. The normalized spacial score (nSPS) is 11.8. The summed E-state index contributed by atoms with van der Waals surface area (Å²) in [4.78, 5) is 15.0. The summed E-state index contributed by atoms with van der Waals surface area (Å²) in [5.74, 6) is -0.380. The molecule has 0 saturated heterocycles. The molecular formula is C14H18N2O2. The van der Waals surface area contributed by atoms with Crippen LogP contribution in [0.5, 0.6) is 0 Å². The Balaban J connectivity index is 2.72. The van der Waals surface area contributed by atoms with Gasteiger partial charge in [-0.15, -0.1) is 0 Å². The van der Waals surface area contributed by atoms with Crippen molar-refractivity contribution in [3.05, 3.63) is 29.5 Å². The Labute approximate surface area is 106 Å². The van der Waals surface area contributed by atoms with E-state index in [1.54, 1.807) is 6.07 Å². The number of aromatic amines is 1. The maximum absolute atomic E-state index is 11.7. The second kappa shape index (κ2) is 4.05. The molecule has 0 saturated carbocycles. The first-order chi connectivity index (χ1) is 8.32. The molecule has 0 aliphatic heterocycles. The molecule has 0 bridgehead atoms. The third kappa shape index (κ3) is 2.06. The van der Waals surface area contributed by atoms with Gasteiger partial charge in [0, 0.05) is 22.2 Å². The standard InChI is InChI=1S/C14H18N2O2/c1-14(2,3)11-6-8-5-9(15)7-10(12(8)16-11)13(17)18-4/h5-7,16H,15H2,1-4H3. The topological polar surface area (TPSA) is 68.1 Å². The zero-order valence-electron chi connectivity index (χ0n) is 11.1.